The predicted molar refractivity (Wildman–Crippen MR) is 99.9 cm³/mol. The van der Waals surface area contributed by atoms with Crippen molar-refractivity contribution >= 4 is 17.2 Å². The van der Waals surface area contributed by atoms with Crippen molar-refractivity contribution in [2.75, 3.05) is 33.3 Å². The molecule has 1 aromatic heterocycles. The van der Waals surface area contributed by atoms with E-state index in [9.17, 15) is 4.79 Å². The average molecular weight is 373 g/mol. The van der Waals surface area contributed by atoms with Crippen molar-refractivity contribution in [2.24, 2.45) is 0 Å². The van der Waals surface area contributed by atoms with E-state index in [0.717, 1.165) is 39.0 Å². The smallest absolute Gasteiger partial charge is 0.278 e. The van der Waals surface area contributed by atoms with Gasteiger partial charge in [-0.3, -0.25) is 9.69 Å². The first-order valence-corrected chi connectivity index (χ1v) is 9.84. The number of rotatable bonds is 5. The molecule has 26 heavy (non-hydrogen) atoms. The van der Waals surface area contributed by atoms with Crippen LogP contribution in [0.4, 0.5) is 0 Å². The molecule has 0 N–H and O–H groups in total. The molecule has 2 aliphatic heterocycles. The van der Waals surface area contributed by atoms with Crippen LogP contribution in [-0.4, -0.2) is 66.1 Å². The summed E-state index contributed by atoms with van der Waals surface area (Å²) in [5, 5.41) is 2.47. The molecule has 1 aromatic carbocycles. The number of hydrogen-bond donors (Lipinski definition) is 0. The van der Waals surface area contributed by atoms with Gasteiger partial charge in [-0.2, -0.15) is 0 Å². The molecular weight excluding hydrogens is 350 g/mol. The van der Waals surface area contributed by atoms with Crippen LogP contribution < -0.4 is 4.74 Å². The minimum atomic E-state index is 0.0915. The Kier molecular flexibility index (Phi) is 5.19. The summed E-state index contributed by atoms with van der Waals surface area (Å²) in [5.74, 6) is 0.785. The number of likely N-dealkylation sites (tertiary alicyclic amines) is 2. The molecule has 1 amide bonds. The Morgan fingerprint density at radius 3 is 2.54 bits per heavy atom. The predicted octanol–water partition coefficient (Wildman–Crippen LogP) is 2.87. The van der Waals surface area contributed by atoms with Crippen molar-refractivity contribution in [2.45, 2.75) is 25.0 Å². The maximum Gasteiger partial charge on any atom is 0.278 e. The molecule has 0 spiro atoms. The van der Waals surface area contributed by atoms with Crippen LogP contribution >= 0.6 is 11.3 Å². The van der Waals surface area contributed by atoms with Gasteiger partial charge in [0.2, 0.25) is 0 Å². The molecule has 7 heteroatoms. The van der Waals surface area contributed by atoms with E-state index in [1.165, 1.54) is 11.3 Å². The lowest BCUT2D eigenvalue weighted by Crippen LogP contribution is -2.62. The van der Waals surface area contributed by atoms with Crippen molar-refractivity contribution in [1.82, 2.24) is 14.8 Å². The number of carbonyl (C=O) groups excluding carboxylic acids is 1. The molecule has 6 nitrogen and oxygen atoms in total. The molecule has 4 rings (SSSR count). The fourth-order valence-corrected chi connectivity index (χ4v) is 4.04. The Morgan fingerprint density at radius 2 is 1.92 bits per heavy atom. The number of thiazole rings is 1. The van der Waals surface area contributed by atoms with Gasteiger partial charge in [0.25, 0.3) is 11.1 Å². The minimum absolute atomic E-state index is 0.0915. The summed E-state index contributed by atoms with van der Waals surface area (Å²) in [7, 11) is 1.79. The number of aromatic nitrogens is 1. The fourth-order valence-electron chi connectivity index (χ4n) is 3.54. The highest BCUT2D eigenvalue weighted by Gasteiger charge is 2.36. The number of benzene rings is 1. The SMILES string of the molecule is COC1CCN(C2CN(C(=O)c3ccc(Oc4nccs4)cc3)C2)CC1. The molecule has 0 aliphatic carbocycles. The largest absolute Gasteiger partial charge is 0.431 e. The molecule has 0 saturated carbocycles. The zero-order valence-electron chi connectivity index (χ0n) is 14.8. The van der Waals surface area contributed by atoms with E-state index in [1.807, 2.05) is 34.5 Å². The maximum absolute atomic E-state index is 12.6. The highest BCUT2D eigenvalue weighted by molar-refractivity contribution is 7.11. The normalized spacial score (nSPS) is 19.3. The van der Waals surface area contributed by atoms with Crippen LogP contribution in [0.25, 0.3) is 0 Å². The second-order valence-electron chi connectivity index (χ2n) is 6.76. The lowest BCUT2D eigenvalue weighted by Gasteiger charge is -2.47. The first-order chi connectivity index (χ1) is 12.7. The third-order valence-corrected chi connectivity index (χ3v) is 5.84. The maximum atomic E-state index is 12.6. The van der Waals surface area contributed by atoms with E-state index in [-0.39, 0.29) is 5.91 Å². The Labute approximate surface area is 157 Å². The van der Waals surface area contributed by atoms with Gasteiger partial charge in [-0.25, -0.2) is 4.98 Å². The van der Waals surface area contributed by atoms with Crippen LogP contribution in [0, 0.1) is 0 Å². The first-order valence-electron chi connectivity index (χ1n) is 8.96. The summed E-state index contributed by atoms with van der Waals surface area (Å²) in [6.07, 6.45) is 4.27. The molecule has 2 aliphatic rings. The lowest BCUT2D eigenvalue weighted by atomic mass is 10.00. The van der Waals surface area contributed by atoms with Crippen molar-refractivity contribution in [3.05, 3.63) is 41.4 Å². The zero-order chi connectivity index (χ0) is 17.9. The molecule has 3 heterocycles. The molecule has 0 unspecified atom stereocenters. The Morgan fingerprint density at radius 1 is 1.19 bits per heavy atom. The van der Waals surface area contributed by atoms with Crippen LogP contribution in [0.2, 0.25) is 0 Å². The van der Waals surface area contributed by atoms with E-state index in [1.54, 1.807) is 13.3 Å². The Bertz CT molecular complexity index is 721. The van der Waals surface area contributed by atoms with E-state index in [0.29, 0.717) is 28.7 Å². The number of piperidine rings is 1. The summed E-state index contributed by atoms with van der Waals surface area (Å²) in [4.78, 5) is 21.1. The summed E-state index contributed by atoms with van der Waals surface area (Å²) >= 11 is 1.44. The van der Waals surface area contributed by atoms with E-state index >= 15 is 0 Å². The van der Waals surface area contributed by atoms with Gasteiger partial charge in [0.05, 0.1) is 6.10 Å². The number of ether oxygens (including phenoxy) is 2. The molecule has 2 saturated heterocycles. The molecule has 0 atom stereocenters. The van der Waals surface area contributed by atoms with Gasteiger partial charge in [0.15, 0.2) is 0 Å². The number of amides is 1. The highest BCUT2D eigenvalue weighted by atomic mass is 32.1. The Balaban J connectivity index is 1.28. The number of carbonyl (C=O) groups is 1. The van der Waals surface area contributed by atoms with Crippen LogP contribution in [0.15, 0.2) is 35.8 Å². The van der Waals surface area contributed by atoms with E-state index in [4.69, 9.17) is 9.47 Å². The molecule has 138 valence electrons. The average Bonchev–Trinajstić information content (AvgIpc) is 3.14. The zero-order valence-corrected chi connectivity index (χ0v) is 15.7. The van der Waals surface area contributed by atoms with Crippen LogP contribution in [0.1, 0.15) is 23.2 Å². The van der Waals surface area contributed by atoms with Crippen molar-refractivity contribution in [1.29, 1.82) is 0 Å². The second-order valence-corrected chi connectivity index (χ2v) is 7.62. The fraction of sp³-hybridized carbons (Fsp3) is 0.474. The van der Waals surface area contributed by atoms with Gasteiger partial charge in [-0.1, -0.05) is 11.3 Å². The number of methoxy groups -OCH3 is 1. The molecular formula is C19H23N3O3S. The van der Waals surface area contributed by atoms with Gasteiger partial charge in [0.1, 0.15) is 5.75 Å². The molecule has 0 radical (unpaired) electrons. The molecule has 2 fully saturated rings. The monoisotopic (exact) mass is 373 g/mol. The first kappa shape index (κ1) is 17.5. The third-order valence-electron chi connectivity index (χ3n) is 5.19. The quantitative estimate of drug-likeness (QED) is 0.807. The van der Waals surface area contributed by atoms with Crippen LogP contribution in [-0.2, 0) is 4.74 Å². The molecule has 0 bridgehead atoms. The topological polar surface area (TPSA) is 54.9 Å². The van der Waals surface area contributed by atoms with Crippen molar-refractivity contribution < 1.29 is 14.3 Å². The van der Waals surface area contributed by atoms with Crippen LogP contribution in [0.3, 0.4) is 0 Å². The van der Waals surface area contributed by atoms with Crippen molar-refractivity contribution in [3.8, 4) is 10.9 Å². The van der Waals surface area contributed by atoms with Gasteiger partial charge < -0.3 is 14.4 Å². The van der Waals surface area contributed by atoms with Gasteiger partial charge in [-0.05, 0) is 37.1 Å². The summed E-state index contributed by atoms with van der Waals surface area (Å²) in [6, 6.07) is 7.78. The number of hydrogen-bond acceptors (Lipinski definition) is 6. The van der Waals surface area contributed by atoms with Gasteiger partial charge in [-0.15, -0.1) is 0 Å². The second kappa shape index (κ2) is 7.73. The van der Waals surface area contributed by atoms with Crippen LogP contribution in [0.5, 0.6) is 10.9 Å². The molecule has 2 aromatic rings. The van der Waals surface area contributed by atoms with Gasteiger partial charge in [0, 0.05) is 56.5 Å². The van der Waals surface area contributed by atoms with Gasteiger partial charge >= 0.3 is 0 Å². The summed E-state index contributed by atoms with van der Waals surface area (Å²) in [6.45, 7) is 3.75. The standard InChI is InChI=1S/C19H23N3O3S/c1-24-16-6-9-21(10-7-16)15-12-22(13-15)18(23)14-2-4-17(5-3-14)25-19-20-8-11-26-19/h2-5,8,11,15-16H,6-7,9-10,12-13H2,1H3. The van der Waals surface area contributed by atoms with E-state index < -0.39 is 0 Å². The third kappa shape index (κ3) is 3.75. The lowest BCUT2D eigenvalue weighted by molar-refractivity contribution is -0.0119. The van der Waals surface area contributed by atoms with E-state index in [2.05, 4.69) is 9.88 Å². The minimum Gasteiger partial charge on any atom is -0.431 e. The Hall–Kier alpha value is -1.96. The summed E-state index contributed by atoms with van der Waals surface area (Å²) in [5.41, 5.74) is 0.702. The van der Waals surface area contributed by atoms with Crippen molar-refractivity contribution in [3.63, 3.8) is 0 Å². The highest BCUT2D eigenvalue weighted by Crippen LogP contribution is 2.25. The summed E-state index contributed by atoms with van der Waals surface area (Å²) < 4.78 is 11.1. The number of nitrogens with zero attached hydrogens (tertiary/aromatic N) is 3.